The predicted molar refractivity (Wildman–Crippen MR) is 33.8 cm³/mol. The summed E-state index contributed by atoms with van der Waals surface area (Å²) in [4.78, 5) is 0. The van der Waals surface area contributed by atoms with E-state index in [9.17, 15) is 0 Å². The maximum atomic E-state index is 2.08. The molecule has 0 fully saturated rings. The monoisotopic (exact) mass is 108 g/mol. The zero-order chi connectivity index (χ0) is 5.11. The first kappa shape index (κ1) is 12.1. The van der Waals surface area contributed by atoms with Crippen molar-refractivity contribution < 1.29 is 24.3 Å². The molecule has 0 aliphatic heterocycles. The quantitative estimate of drug-likeness (QED) is 0.333. The van der Waals surface area contributed by atoms with Gasteiger partial charge in [-0.2, -0.15) is 0 Å². The van der Waals surface area contributed by atoms with Crippen molar-refractivity contribution in [1.82, 2.24) is 0 Å². The molecule has 0 unspecified atom stereocenters. The molecule has 38 valence electrons. The van der Waals surface area contributed by atoms with E-state index < -0.39 is 0 Å². The third kappa shape index (κ3) is 4.85. The summed E-state index contributed by atoms with van der Waals surface area (Å²) in [6.07, 6.45) is 0. The average molecular weight is 108 g/mol. The summed E-state index contributed by atoms with van der Waals surface area (Å²) in [6.45, 7) is 0. The molecule has 1 aromatic carbocycles. The van der Waals surface area contributed by atoms with Gasteiger partial charge in [-0.05, 0) is 0 Å². The van der Waals surface area contributed by atoms with Crippen LogP contribution in [0.2, 0.25) is 0 Å². The Balaban J connectivity index is 0. The molecule has 0 saturated carbocycles. The molecule has 0 radical (unpaired) electrons. The molecule has 0 atom stereocenters. The minimum absolute atomic E-state index is 0. The molecule has 1 nitrogen and oxygen atoms in total. The van der Waals surface area contributed by atoms with E-state index in [2.05, 4.69) is 29.8 Å². The van der Waals surface area contributed by atoms with E-state index in [0.717, 1.165) is 0 Å². The molecule has 0 aromatic heterocycles. The van der Waals surface area contributed by atoms with Crippen molar-refractivity contribution in [3.8, 4) is 0 Å². The first-order chi connectivity index (χ1) is 3.39. The van der Waals surface area contributed by atoms with Crippen molar-refractivity contribution in [1.29, 1.82) is 0 Å². The topological polar surface area (TPSA) is 30.0 Å². The first-order valence-corrected chi connectivity index (χ1v) is 2.41. The van der Waals surface area contributed by atoms with Gasteiger partial charge in [-0.1, -0.05) is 0 Å². The number of hydrogen-bond acceptors (Lipinski definition) is 1. The fourth-order valence-electron chi connectivity index (χ4n) is 0.534. The average Bonchev–Trinajstić information content (AvgIpc) is 1.69. The number of hydrogen-bond donors (Lipinski definition) is 0. The minimum atomic E-state index is 0. The normalized spacial score (nSPS) is 6.89. The summed E-state index contributed by atoms with van der Waals surface area (Å²) in [6, 6.07) is 10.3. The Kier molecular flexibility index (Phi) is 8.72. The maximum Gasteiger partial charge on any atom is -0.870 e. The standard InChI is InChI=1S/C6H5.2Li.H2O/c1-2-4-6-5-3-1;;;/h1-5H;;;1H2/q;;+1;/p-1. The molecule has 0 spiro atoms. The summed E-state index contributed by atoms with van der Waals surface area (Å²) < 4.78 is 1.32. The summed E-state index contributed by atoms with van der Waals surface area (Å²) in [5.74, 6) is 0. The smallest absolute Gasteiger partial charge is 0.870 e. The molecular weight excluding hydrogens is 102 g/mol. The predicted octanol–water partition coefficient (Wildman–Crippen LogP) is -2.69. The van der Waals surface area contributed by atoms with E-state index in [1.807, 2.05) is 18.2 Å². The summed E-state index contributed by atoms with van der Waals surface area (Å²) in [5, 5.41) is 0. The zero-order valence-electron chi connectivity index (χ0n) is 5.83. The first-order valence-electron chi connectivity index (χ1n) is 2.41. The van der Waals surface area contributed by atoms with Crippen molar-refractivity contribution >= 4 is 22.0 Å². The second kappa shape index (κ2) is 6.49. The summed E-state index contributed by atoms with van der Waals surface area (Å²) in [7, 11) is 0. The molecule has 1 rings (SSSR count). The SMILES string of the molecule is [Li+].[Li][c]1ccccc1.[OH-]. The molecule has 1 N–H and O–H groups in total. The fraction of sp³-hybridized carbons (Fsp3) is 0. The Morgan fingerprint density at radius 2 is 1.44 bits per heavy atom. The van der Waals surface area contributed by atoms with Gasteiger partial charge in [0.2, 0.25) is 0 Å². The van der Waals surface area contributed by atoms with Gasteiger partial charge in [0, 0.05) is 0 Å². The van der Waals surface area contributed by atoms with Gasteiger partial charge in [0.05, 0.1) is 0 Å². The third-order valence-corrected chi connectivity index (χ3v) is 0.940. The Bertz CT molecular complexity index is 141. The molecule has 1 aromatic rings. The summed E-state index contributed by atoms with van der Waals surface area (Å²) in [5.41, 5.74) is 0. The van der Waals surface area contributed by atoms with Gasteiger partial charge in [0.25, 0.3) is 0 Å². The van der Waals surface area contributed by atoms with Crippen LogP contribution in [0.25, 0.3) is 0 Å². The Morgan fingerprint density at radius 1 is 1.00 bits per heavy atom. The number of benzene rings is 1. The molecule has 0 bridgehead atoms. The second-order valence-corrected chi connectivity index (χ2v) is 1.65. The summed E-state index contributed by atoms with van der Waals surface area (Å²) >= 11 is 2.08. The van der Waals surface area contributed by atoms with Gasteiger partial charge in [-0.3, -0.25) is 0 Å². The third-order valence-electron chi connectivity index (χ3n) is 0.940. The van der Waals surface area contributed by atoms with Crippen LogP contribution in [0.5, 0.6) is 0 Å². The van der Waals surface area contributed by atoms with Gasteiger partial charge >= 0.3 is 71.1 Å². The van der Waals surface area contributed by atoms with Crippen molar-refractivity contribution in [3.63, 3.8) is 0 Å². The van der Waals surface area contributed by atoms with Crippen molar-refractivity contribution in [2.45, 2.75) is 0 Å². The van der Waals surface area contributed by atoms with Crippen molar-refractivity contribution in [3.05, 3.63) is 30.3 Å². The van der Waals surface area contributed by atoms with Crippen molar-refractivity contribution in [2.75, 3.05) is 0 Å². The van der Waals surface area contributed by atoms with E-state index in [1.54, 1.807) is 0 Å². The van der Waals surface area contributed by atoms with E-state index in [4.69, 9.17) is 0 Å². The Morgan fingerprint density at radius 3 is 1.67 bits per heavy atom. The van der Waals surface area contributed by atoms with Gasteiger partial charge in [0.15, 0.2) is 0 Å². The molecule has 0 aliphatic carbocycles. The second-order valence-electron chi connectivity index (χ2n) is 1.65. The van der Waals surface area contributed by atoms with Crippen LogP contribution < -0.4 is 23.1 Å². The van der Waals surface area contributed by atoms with Crippen LogP contribution in [-0.4, -0.2) is 23.2 Å². The number of rotatable bonds is 0. The van der Waals surface area contributed by atoms with Crippen molar-refractivity contribution in [2.24, 2.45) is 0 Å². The fourth-order valence-corrected chi connectivity index (χ4v) is 0.534. The molecular formula is C6H6Li2O. The van der Waals surface area contributed by atoms with Gasteiger partial charge in [0.1, 0.15) is 0 Å². The van der Waals surface area contributed by atoms with E-state index in [-0.39, 0.29) is 24.3 Å². The Hall–Kier alpha value is 0.375. The van der Waals surface area contributed by atoms with Gasteiger partial charge in [-0.15, -0.1) is 0 Å². The molecule has 9 heavy (non-hydrogen) atoms. The van der Waals surface area contributed by atoms with Crippen LogP contribution in [0.4, 0.5) is 0 Å². The van der Waals surface area contributed by atoms with Crippen LogP contribution in [0.3, 0.4) is 0 Å². The van der Waals surface area contributed by atoms with Crippen LogP contribution in [-0.2, 0) is 0 Å². The minimum Gasteiger partial charge on any atom is -0.870 e. The van der Waals surface area contributed by atoms with Gasteiger partial charge in [-0.25, -0.2) is 0 Å². The van der Waals surface area contributed by atoms with Crippen LogP contribution in [0, 0.1) is 0 Å². The molecule has 3 heteroatoms. The largest absolute Gasteiger partial charge is 0.870 e. The van der Waals surface area contributed by atoms with E-state index >= 15 is 0 Å². The van der Waals surface area contributed by atoms with Crippen LogP contribution in [0.15, 0.2) is 30.3 Å². The molecule has 0 aliphatic rings. The Labute approximate surface area is 76.5 Å². The zero-order valence-corrected chi connectivity index (χ0v) is 5.83. The van der Waals surface area contributed by atoms with Crippen LogP contribution in [0.1, 0.15) is 0 Å². The van der Waals surface area contributed by atoms with E-state index in [1.165, 1.54) is 4.24 Å². The molecule has 0 amide bonds. The molecule has 0 heterocycles. The van der Waals surface area contributed by atoms with Gasteiger partial charge < -0.3 is 5.48 Å². The van der Waals surface area contributed by atoms with Crippen LogP contribution >= 0.6 is 0 Å². The maximum absolute atomic E-state index is 2.08. The van der Waals surface area contributed by atoms with E-state index in [0.29, 0.717) is 0 Å². The molecule has 0 saturated heterocycles.